The van der Waals surface area contributed by atoms with Gasteiger partial charge in [-0.3, -0.25) is 9.59 Å². The number of rotatable bonds is 4. The number of carbonyl (C=O) groups is 2. The highest BCUT2D eigenvalue weighted by atomic mass is 32.1. The standard InChI is InChI=1S/C14H18O3S/c1-9(14(16)17)11-7-8-12(18-11)13(15)10-5-3-2-4-6-10/h7-10H,2-6H2,1H3,(H,16,17). The van der Waals surface area contributed by atoms with E-state index >= 15 is 0 Å². The third-order valence-corrected chi connectivity index (χ3v) is 4.93. The molecule has 1 fully saturated rings. The summed E-state index contributed by atoms with van der Waals surface area (Å²) in [6.45, 7) is 1.66. The van der Waals surface area contributed by atoms with Gasteiger partial charge in [0.05, 0.1) is 10.8 Å². The molecule has 0 aromatic carbocycles. The van der Waals surface area contributed by atoms with Gasteiger partial charge in [-0.25, -0.2) is 0 Å². The van der Waals surface area contributed by atoms with Gasteiger partial charge in [-0.2, -0.15) is 0 Å². The van der Waals surface area contributed by atoms with Crippen LogP contribution in [0.15, 0.2) is 12.1 Å². The maximum atomic E-state index is 12.3. The summed E-state index contributed by atoms with van der Waals surface area (Å²) in [4.78, 5) is 24.7. The van der Waals surface area contributed by atoms with E-state index in [-0.39, 0.29) is 11.7 Å². The van der Waals surface area contributed by atoms with E-state index in [0.29, 0.717) is 0 Å². The molecule has 0 radical (unpaired) electrons. The van der Waals surface area contributed by atoms with Crippen molar-refractivity contribution in [3.63, 3.8) is 0 Å². The lowest BCUT2D eigenvalue weighted by atomic mass is 9.86. The fraction of sp³-hybridized carbons (Fsp3) is 0.571. The molecule has 18 heavy (non-hydrogen) atoms. The van der Waals surface area contributed by atoms with Crippen LogP contribution < -0.4 is 0 Å². The third kappa shape index (κ3) is 2.80. The Bertz CT molecular complexity index is 444. The van der Waals surface area contributed by atoms with Crippen molar-refractivity contribution in [2.45, 2.75) is 44.9 Å². The summed E-state index contributed by atoms with van der Waals surface area (Å²) in [7, 11) is 0. The van der Waals surface area contributed by atoms with Crippen molar-refractivity contribution in [3.05, 3.63) is 21.9 Å². The molecule has 1 unspecified atom stereocenters. The molecule has 1 aliphatic carbocycles. The highest BCUT2D eigenvalue weighted by Gasteiger charge is 2.25. The number of hydrogen-bond acceptors (Lipinski definition) is 3. The predicted octanol–water partition coefficient (Wildman–Crippen LogP) is 3.70. The molecule has 0 saturated heterocycles. The van der Waals surface area contributed by atoms with Crippen molar-refractivity contribution in [1.29, 1.82) is 0 Å². The van der Waals surface area contributed by atoms with Gasteiger partial charge >= 0.3 is 5.97 Å². The van der Waals surface area contributed by atoms with Gasteiger partial charge in [-0.1, -0.05) is 19.3 Å². The van der Waals surface area contributed by atoms with Crippen molar-refractivity contribution in [2.75, 3.05) is 0 Å². The van der Waals surface area contributed by atoms with Crippen molar-refractivity contribution in [1.82, 2.24) is 0 Å². The number of aliphatic carboxylic acids is 1. The number of carbonyl (C=O) groups excluding carboxylic acids is 1. The molecule has 0 spiro atoms. The molecular formula is C14H18O3S. The molecule has 1 atom stereocenters. The second-order valence-electron chi connectivity index (χ2n) is 4.96. The minimum Gasteiger partial charge on any atom is -0.481 e. The molecular weight excluding hydrogens is 248 g/mol. The second-order valence-corrected chi connectivity index (χ2v) is 6.08. The summed E-state index contributed by atoms with van der Waals surface area (Å²) >= 11 is 1.34. The van der Waals surface area contributed by atoms with Crippen LogP contribution in [0.4, 0.5) is 0 Å². The van der Waals surface area contributed by atoms with Crippen LogP contribution in [0.25, 0.3) is 0 Å². The topological polar surface area (TPSA) is 54.4 Å². The Kier molecular flexibility index (Phi) is 4.17. The van der Waals surface area contributed by atoms with Crippen LogP contribution in [-0.2, 0) is 4.79 Å². The quantitative estimate of drug-likeness (QED) is 0.845. The molecule has 0 amide bonds. The number of hydrogen-bond donors (Lipinski definition) is 1. The van der Waals surface area contributed by atoms with Crippen LogP contribution in [0, 0.1) is 5.92 Å². The minimum absolute atomic E-state index is 0.158. The van der Waals surface area contributed by atoms with E-state index in [9.17, 15) is 9.59 Å². The number of Topliss-reactive ketones (excluding diaryl/α,β-unsaturated/α-hetero) is 1. The van der Waals surface area contributed by atoms with E-state index in [2.05, 4.69) is 0 Å². The molecule has 1 heterocycles. The molecule has 1 aromatic heterocycles. The highest BCUT2D eigenvalue weighted by molar-refractivity contribution is 7.14. The summed E-state index contributed by atoms with van der Waals surface area (Å²) in [5, 5.41) is 8.95. The van der Waals surface area contributed by atoms with Crippen LogP contribution in [0.1, 0.15) is 59.5 Å². The zero-order chi connectivity index (χ0) is 13.1. The van der Waals surface area contributed by atoms with Gasteiger partial charge in [0.25, 0.3) is 0 Å². The Morgan fingerprint density at radius 3 is 2.56 bits per heavy atom. The lowest BCUT2D eigenvalue weighted by Gasteiger charge is -2.19. The van der Waals surface area contributed by atoms with Crippen LogP contribution in [-0.4, -0.2) is 16.9 Å². The number of thiophene rings is 1. The van der Waals surface area contributed by atoms with Gasteiger partial charge in [0.1, 0.15) is 0 Å². The van der Waals surface area contributed by atoms with Gasteiger partial charge in [-0.15, -0.1) is 11.3 Å². The summed E-state index contributed by atoms with van der Waals surface area (Å²) in [5.74, 6) is -0.995. The number of carboxylic acid groups (broad SMARTS) is 1. The fourth-order valence-electron chi connectivity index (χ4n) is 2.41. The average molecular weight is 266 g/mol. The van der Waals surface area contributed by atoms with Gasteiger partial charge in [-0.05, 0) is 31.9 Å². The van der Waals surface area contributed by atoms with E-state index in [1.807, 2.05) is 0 Å². The van der Waals surface area contributed by atoms with Crippen molar-refractivity contribution < 1.29 is 14.7 Å². The third-order valence-electron chi connectivity index (χ3n) is 3.64. The zero-order valence-electron chi connectivity index (χ0n) is 10.5. The first-order valence-electron chi connectivity index (χ1n) is 6.46. The van der Waals surface area contributed by atoms with Gasteiger partial charge in [0.2, 0.25) is 0 Å². The van der Waals surface area contributed by atoms with E-state index < -0.39 is 11.9 Å². The van der Waals surface area contributed by atoms with Crippen LogP contribution >= 0.6 is 11.3 Å². The van der Waals surface area contributed by atoms with Gasteiger partial charge in [0.15, 0.2) is 5.78 Å². The molecule has 0 bridgehead atoms. The summed E-state index contributed by atoms with van der Waals surface area (Å²) in [6, 6.07) is 3.57. The Morgan fingerprint density at radius 1 is 1.28 bits per heavy atom. The molecule has 4 heteroatoms. The lowest BCUT2D eigenvalue weighted by molar-refractivity contribution is -0.138. The molecule has 0 aliphatic heterocycles. The van der Waals surface area contributed by atoms with E-state index in [4.69, 9.17) is 5.11 Å². The smallest absolute Gasteiger partial charge is 0.311 e. The normalized spacial score (nSPS) is 18.5. The van der Waals surface area contributed by atoms with Gasteiger partial charge < -0.3 is 5.11 Å². The second kappa shape index (κ2) is 5.65. The van der Waals surface area contributed by atoms with Crippen LogP contribution in [0.3, 0.4) is 0 Å². The molecule has 2 rings (SSSR count). The van der Waals surface area contributed by atoms with Crippen LogP contribution in [0.5, 0.6) is 0 Å². The largest absolute Gasteiger partial charge is 0.481 e. The minimum atomic E-state index is -0.839. The monoisotopic (exact) mass is 266 g/mol. The molecule has 1 N–H and O–H groups in total. The SMILES string of the molecule is CC(C(=O)O)c1ccc(C(=O)C2CCCCC2)s1. The lowest BCUT2D eigenvalue weighted by Crippen LogP contribution is -2.16. The highest BCUT2D eigenvalue weighted by Crippen LogP contribution is 2.31. The average Bonchev–Trinajstić information content (AvgIpc) is 2.87. The Balaban J connectivity index is 2.09. The predicted molar refractivity (Wildman–Crippen MR) is 71.3 cm³/mol. The molecule has 1 aromatic rings. The van der Waals surface area contributed by atoms with Gasteiger partial charge in [0, 0.05) is 10.8 Å². The van der Waals surface area contributed by atoms with E-state index in [1.165, 1.54) is 17.8 Å². The Labute approximate surface area is 111 Å². The Hall–Kier alpha value is -1.16. The van der Waals surface area contributed by atoms with Crippen molar-refractivity contribution in [3.8, 4) is 0 Å². The molecule has 1 aliphatic rings. The molecule has 3 nitrogen and oxygen atoms in total. The molecule has 98 valence electrons. The summed E-state index contributed by atoms with van der Waals surface area (Å²) in [6.07, 6.45) is 5.48. The van der Waals surface area contributed by atoms with Crippen LogP contribution in [0.2, 0.25) is 0 Å². The Morgan fingerprint density at radius 2 is 1.94 bits per heavy atom. The fourth-order valence-corrected chi connectivity index (χ4v) is 3.48. The number of ketones is 1. The zero-order valence-corrected chi connectivity index (χ0v) is 11.3. The first-order chi connectivity index (χ1) is 8.59. The number of carboxylic acids is 1. The summed E-state index contributed by atoms with van der Waals surface area (Å²) < 4.78 is 0. The van der Waals surface area contributed by atoms with E-state index in [0.717, 1.165) is 35.4 Å². The first kappa shape index (κ1) is 13.3. The first-order valence-corrected chi connectivity index (χ1v) is 7.28. The molecule has 1 saturated carbocycles. The van der Waals surface area contributed by atoms with Crippen molar-refractivity contribution in [2.24, 2.45) is 5.92 Å². The summed E-state index contributed by atoms with van der Waals surface area (Å²) in [5.41, 5.74) is 0. The van der Waals surface area contributed by atoms with Crippen molar-refractivity contribution >= 4 is 23.1 Å². The van der Waals surface area contributed by atoms with E-state index in [1.54, 1.807) is 19.1 Å². The maximum Gasteiger partial charge on any atom is 0.311 e. The maximum absolute atomic E-state index is 12.3.